The Kier molecular flexibility index (Phi) is 8.82. The smallest absolute Gasteiger partial charge is 0.407 e. The van der Waals surface area contributed by atoms with Gasteiger partial charge in [-0.3, -0.25) is 4.79 Å². The van der Waals surface area contributed by atoms with Crippen molar-refractivity contribution in [1.82, 2.24) is 15.5 Å². The van der Waals surface area contributed by atoms with Gasteiger partial charge in [-0.15, -0.1) is 0 Å². The summed E-state index contributed by atoms with van der Waals surface area (Å²) in [6.07, 6.45) is 7.05. The number of rotatable bonds is 7. The van der Waals surface area contributed by atoms with Crippen LogP contribution in [0.5, 0.6) is 0 Å². The zero-order valence-electron chi connectivity index (χ0n) is 22.3. The van der Waals surface area contributed by atoms with Crippen LogP contribution in [0.25, 0.3) is 17.7 Å². The molecule has 1 aliphatic carbocycles. The summed E-state index contributed by atoms with van der Waals surface area (Å²) in [5.74, 6) is 0.0185. The molecule has 2 N–H and O–H groups in total. The molecule has 1 saturated heterocycles. The number of carbonyl (C=O) groups is 2. The SMILES string of the molecule is CC(C)(C)OC(=O)NCCCC(=O)NCCN1CCC(=C2c3ccccc3C=Cc3ccccc32)CC1. The second kappa shape index (κ2) is 12.2. The molecule has 0 saturated carbocycles. The topological polar surface area (TPSA) is 70.7 Å². The van der Waals surface area contributed by atoms with E-state index in [4.69, 9.17) is 4.74 Å². The van der Waals surface area contributed by atoms with Crippen molar-refractivity contribution in [2.75, 3.05) is 32.7 Å². The van der Waals surface area contributed by atoms with Gasteiger partial charge in [0.1, 0.15) is 5.60 Å². The third kappa shape index (κ3) is 7.56. The number of nitrogens with zero attached hydrogens (tertiary/aromatic N) is 1. The maximum Gasteiger partial charge on any atom is 0.407 e. The van der Waals surface area contributed by atoms with Gasteiger partial charge in [0, 0.05) is 39.1 Å². The second-order valence-corrected chi connectivity index (χ2v) is 10.7. The molecule has 2 aliphatic rings. The van der Waals surface area contributed by atoms with Crippen molar-refractivity contribution in [3.8, 4) is 0 Å². The lowest BCUT2D eigenvalue weighted by atomic mass is 9.86. The lowest BCUT2D eigenvalue weighted by Gasteiger charge is -2.30. The fraction of sp³-hybridized carbons (Fsp3) is 0.419. The van der Waals surface area contributed by atoms with Crippen LogP contribution in [0.2, 0.25) is 0 Å². The molecule has 2 aromatic carbocycles. The normalized spacial score (nSPS) is 15.4. The van der Waals surface area contributed by atoms with Gasteiger partial charge in [-0.25, -0.2) is 4.79 Å². The van der Waals surface area contributed by atoms with E-state index in [1.807, 2.05) is 20.8 Å². The summed E-state index contributed by atoms with van der Waals surface area (Å²) < 4.78 is 5.20. The van der Waals surface area contributed by atoms with E-state index < -0.39 is 11.7 Å². The van der Waals surface area contributed by atoms with Crippen LogP contribution in [0.4, 0.5) is 4.79 Å². The third-order valence-electron chi connectivity index (χ3n) is 6.71. The van der Waals surface area contributed by atoms with E-state index in [1.165, 1.54) is 33.4 Å². The number of likely N-dealkylation sites (tertiary alicyclic amines) is 1. The highest BCUT2D eigenvalue weighted by molar-refractivity contribution is 5.94. The molecule has 0 unspecified atom stereocenters. The minimum absolute atomic E-state index is 0.0185. The number of alkyl carbamates (subject to hydrolysis) is 1. The Hall–Kier alpha value is -3.38. The minimum atomic E-state index is -0.519. The van der Waals surface area contributed by atoms with Crippen molar-refractivity contribution in [2.24, 2.45) is 0 Å². The average Bonchev–Trinajstić information content (AvgIpc) is 3.03. The standard InChI is InChI=1S/C31H39N3O3/c1-31(2,3)37-30(36)33-18-8-13-28(35)32-19-22-34-20-16-25(17-21-34)29-26-11-6-4-9-23(26)14-15-24-10-5-7-12-27(24)29/h4-7,9-12,14-15H,8,13,16-22H2,1-3H3,(H,32,35)(H,33,36). The van der Waals surface area contributed by atoms with E-state index >= 15 is 0 Å². The first-order chi connectivity index (χ1) is 17.8. The summed E-state index contributed by atoms with van der Waals surface area (Å²) in [6.45, 7) is 9.37. The Morgan fingerprint density at radius 2 is 1.46 bits per heavy atom. The van der Waals surface area contributed by atoms with Crippen LogP contribution in [0, 0.1) is 0 Å². The van der Waals surface area contributed by atoms with E-state index in [1.54, 1.807) is 0 Å². The first-order valence-corrected chi connectivity index (χ1v) is 13.3. The first-order valence-electron chi connectivity index (χ1n) is 13.3. The Morgan fingerprint density at radius 1 is 0.865 bits per heavy atom. The third-order valence-corrected chi connectivity index (χ3v) is 6.71. The summed E-state index contributed by atoms with van der Waals surface area (Å²) in [7, 11) is 0. The van der Waals surface area contributed by atoms with Gasteiger partial charge < -0.3 is 20.3 Å². The number of benzene rings is 2. The summed E-state index contributed by atoms with van der Waals surface area (Å²) >= 11 is 0. The van der Waals surface area contributed by atoms with Crippen molar-refractivity contribution >= 4 is 29.7 Å². The molecule has 0 spiro atoms. The molecule has 0 atom stereocenters. The van der Waals surface area contributed by atoms with Crippen molar-refractivity contribution < 1.29 is 14.3 Å². The van der Waals surface area contributed by atoms with Gasteiger partial charge in [0.15, 0.2) is 0 Å². The Balaban J connectivity index is 1.24. The van der Waals surface area contributed by atoms with Gasteiger partial charge in [-0.05, 0) is 67.9 Å². The van der Waals surface area contributed by atoms with Gasteiger partial charge >= 0.3 is 6.09 Å². The van der Waals surface area contributed by atoms with Crippen LogP contribution in [0.15, 0.2) is 54.1 Å². The Bertz CT molecular complexity index is 1110. The monoisotopic (exact) mass is 501 g/mol. The fourth-order valence-corrected chi connectivity index (χ4v) is 4.94. The lowest BCUT2D eigenvalue weighted by molar-refractivity contribution is -0.121. The second-order valence-electron chi connectivity index (χ2n) is 10.7. The predicted octanol–water partition coefficient (Wildman–Crippen LogP) is 5.49. The molecular formula is C31H39N3O3. The number of hydrogen-bond donors (Lipinski definition) is 2. The maximum atomic E-state index is 12.2. The summed E-state index contributed by atoms with van der Waals surface area (Å²) in [6, 6.07) is 17.4. The zero-order chi connectivity index (χ0) is 26.3. The number of amides is 2. The van der Waals surface area contributed by atoms with Crippen LogP contribution in [0.3, 0.4) is 0 Å². The number of nitrogens with one attached hydrogen (secondary N) is 2. The van der Waals surface area contributed by atoms with Crippen LogP contribution >= 0.6 is 0 Å². The van der Waals surface area contributed by atoms with Crippen molar-refractivity contribution in [1.29, 1.82) is 0 Å². The number of carbonyl (C=O) groups excluding carboxylic acids is 2. The van der Waals surface area contributed by atoms with Crippen molar-refractivity contribution in [3.63, 3.8) is 0 Å². The molecule has 0 aromatic heterocycles. The molecule has 2 amide bonds. The molecule has 196 valence electrons. The first kappa shape index (κ1) is 26.7. The van der Waals surface area contributed by atoms with Crippen LogP contribution in [0.1, 0.15) is 68.7 Å². The van der Waals surface area contributed by atoms with Gasteiger partial charge in [0.2, 0.25) is 5.91 Å². The molecule has 1 heterocycles. The minimum Gasteiger partial charge on any atom is -0.444 e. The molecule has 6 nitrogen and oxygen atoms in total. The fourth-order valence-electron chi connectivity index (χ4n) is 4.94. The largest absolute Gasteiger partial charge is 0.444 e. The highest BCUT2D eigenvalue weighted by atomic mass is 16.6. The van der Waals surface area contributed by atoms with E-state index in [9.17, 15) is 9.59 Å². The Morgan fingerprint density at radius 3 is 2.05 bits per heavy atom. The molecule has 2 aromatic rings. The highest BCUT2D eigenvalue weighted by Crippen LogP contribution is 2.38. The average molecular weight is 502 g/mol. The molecule has 6 heteroatoms. The molecule has 1 aliphatic heterocycles. The van der Waals surface area contributed by atoms with E-state index in [2.05, 4.69) is 76.2 Å². The summed E-state index contributed by atoms with van der Waals surface area (Å²) in [5.41, 5.74) is 7.57. The Labute approximate surface area is 220 Å². The molecule has 0 bridgehead atoms. The predicted molar refractivity (Wildman–Crippen MR) is 150 cm³/mol. The maximum absolute atomic E-state index is 12.2. The number of ether oxygens (including phenoxy) is 1. The van der Waals surface area contributed by atoms with Crippen molar-refractivity contribution in [3.05, 3.63) is 76.4 Å². The van der Waals surface area contributed by atoms with Gasteiger partial charge in [-0.1, -0.05) is 66.3 Å². The molecule has 1 fully saturated rings. The summed E-state index contributed by atoms with van der Waals surface area (Å²) in [4.78, 5) is 26.3. The molecular weight excluding hydrogens is 462 g/mol. The van der Waals surface area contributed by atoms with Crippen LogP contribution in [-0.2, 0) is 9.53 Å². The van der Waals surface area contributed by atoms with E-state index in [0.29, 0.717) is 25.9 Å². The zero-order valence-corrected chi connectivity index (χ0v) is 22.3. The molecule has 4 rings (SSSR count). The van der Waals surface area contributed by atoms with E-state index in [0.717, 1.165) is 32.5 Å². The molecule has 37 heavy (non-hydrogen) atoms. The van der Waals surface area contributed by atoms with Crippen LogP contribution in [-0.4, -0.2) is 55.2 Å². The number of fused-ring (bicyclic) bond motifs is 2. The van der Waals surface area contributed by atoms with Crippen LogP contribution < -0.4 is 10.6 Å². The highest BCUT2D eigenvalue weighted by Gasteiger charge is 2.22. The lowest BCUT2D eigenvalue weighted by Crippen LogP contribution is -2.38. The number of piperidine rings is 1. The molecule has 0 radical (unpaired) electrons. The van der Waals surface area contributed by atoms with E-state index in [-0.39, 0.29) is 5.91 Å². The number of hydrogen-bond acceptors (Lipinski definition) is 4. The van der Waals surface area contributed by atoms with Gasteiger partial charge in [0.25, 0.3) is 0 Å². The van der Waals surface area contributed by atoms with Crippen molar-refractivity contribution in [2.45, 2.75) is 52.1 Å². The van der Waals surface area contributed by atoms with Gasteiger partial charge in [-0.2, -0.15) is 0 Å². The van der Waals surface area contributed by atoms with Gasteiger partial charge in [0.05, 0.1) is 0 Å². The quantitative estimate of drug-likeness (QED) is 0.420. The summed E-state index contributed by atoms with van der Waals surface area (Å²) in [5, 5.41) is 5.71.